The Morgan fingerprint density at radius 1 is 1.21 bits per heavy atom. The zero-order chi connectivity index (χ0) is 17.9. The van der Waals surface area contributed by atoms with E-state index in [-0.39, 0.29) is 18.2 Å². The van der Waals surface area contributed by atoms with Gasteiger partial charge < -0.3 is 10.6 Å². The maximum absolute atomic E-state index is 12.4. The van der Waals surface area contributed by atoms with E-state index in [1.807, 2.05) is 13.8 Å². The minimum absolute atomic E-state index is 0.115. The van der Waals surface area contributed by atoms with Gasteiger partial charge in [0.2, 0.25) is 5.91 Å². The van der Waals surface area contributed by atoms with Crippen molar-refractivity contribution in [2.24, 2.45) is 0 Å². The minimum atomic E-state index is -0.925. The second kappa shape index (κ2) is 6.82. The molecule has 24 heavy (non-hydrogen) atoms. The average molecular weight is 331 g/mol. The summed E-state index contributed by atoms with van der Waals surface area (Å²) >= 11 is 0. The van der Waals surface area contributed by atoms with Gasteiger partial charge in [0.15, 0.2) is 5.78 Å². The van der Waals surface area contributed by atoms with Crippen molar-refractivity contribution < 1.29 is 19.2 Å². The molecule has 4 amide bonds. The predicted octanol–water partition coefficient (Wildman–Crippen LogP) is 1.94. The van der Waals surface area contributed by atoms with Gasteiger partial charge in [0.1, 0.15) is 12.1 Å². The Bertz CT molecular complexity index is 695. The Hall–Kier alpha value is -2.70. The van der Waals surface area contributed by atoms with Crippen LogP contribution in [-0.2, 0) is 9.59 Å². The van der Waals surface area contributed by atoms with Crippen LogP contribution in [-0.4, -0.2) is 40.6 Å². The summed E-state index contributed by atoms with van der Waals surface area (Å²) in [6, 6.07) is 5.93. The Kier molecular flexibility index (Phi) is 5.02. The highest BCUT2D eigenvalue weighted by Gasteiger charge is 2.49. The third-order valence-corrected chi connectivity index (χ3v) is 4.31. The number of carbonyl (C=O) groups excluding carboxylic acids is 4. The molecular formula is C17H21N3O4. The number of hydrogen-bond donors (Lipinski definition) is 2. The lowest BCUT2D eigenvalue weighted by atomic mass is 9.93. The van der Waals surface area contributed by atoms with E-state index in [0.29, 0.717) is 24.1 Å². The van der Waals surface area contributed by atoms with Gasteiger partial charge in [-0.3, -0.25) is 19.3 Å². The first-order valence-electron chi connectivity index (χ1n) is 7.88. The van der Waals surface area contributed by atoms with Gasteiger partial charge in [-0.05, 0) is 31.9 Å². The van der Waals surface area contributed by atoms with Gasteiger partial charge in [-0.1, -0.05) is 26.0 Å². The number of imide groups is 1. The second-order valence-electron chi connectivity index (χ2n) is 5.80. The standard InChI is InChI=1S/C17H21N3O4/c1-4-17(5-2)15(23)20(16(24)19-17)10-14(22)18-13-8-6-7-12(9-13)11(3)21/h6-9H,4-5,10H2,1-3H3,(H,18,22)(H,19,24). The lowest BCUT2D eigenvalue weighted by molar-refractivity contribution is -0.134. The SMILES string of the molecule is CCC1(CC)NC(=O)N(CC(=O)Nc2cccc(C(C)=O)c2)C1=O. The Balaban J connectivity index is 2.07. The van der Waals surface area contributed by atoms with Crippen LogP contribution in [0.1, 0.15) is 44.0 Å². The molecule has 128 valence electrons. The number of rotatable bonds is 6. The van der Waals surface area contributed by atoms with Gasteiger partial charge in [-0.2, -0.15) is 0 Å². The van der Waals surface area contributed by atoms with Crippen molar-refractivity contribution in [2.75, 3.05) is 11.9 Å². The first kappa shape index (κ1) is 17.7. The third kappa shape index (κ3) is 3.29. The van der Waals surface area contributed by atoms with Crippen LogP contribution in [0.25, 0.3) is 0 Å². The summed E-state index contributed by atoms with van der Waals surface area (Å²) in [6.07, 6.45) is 0.930. The van der Waals surface area contributed by atoms with Crippen LogP contribution in [0.15, 0.2) is 24.3 Å². The lowest BCUT2D eigenvalue weighted by Crippen LogP contribution is -2.46. The third-order valence-electron chi connectivity index (χ3n) is 4.31. The number of hydrogen-bond acceptors (Lipinski definition) is 4. The highest BCUT2D eigenvalue weighted by atomic mass is 16.2. The molecule has 0 saturated carbocycles. The maximum atomic E-state index is 12.4. The van der Waals surface area contributed by atoms with E-state index < -0.39 is 17.5 Å². The molecule has 1 aromatic carbocycles. The van der Waals surface area contributed by atoms with Crippen molar-refractivity contribution in [3.63, 3.8) is 0 Å². The summed E-state index contributed by atoms with van der Waals surface area (Å²) in [4.78, 5) is 48.9. The molecule has 2 N–H and O–H groups in total. The number of anilines is 1. The fourth-order valence-electron chi connectivity index (χ4n) is 2.71. The molecule has 0 atom stereocenters. The number of carbonyl (C=O) groups is 4. The van der Waals surface area contributed by atoms with E-state index in [1.54, 1.807) is 24.3 Å². The molecule has 7 nitrogen and oxygen atoms in total. The van der Waals surface area contributed by atoms with Crippen LogP contribution in [0.4, 0.5) is 10.5 Å². The molecule has 0 radical (unpaired) electrons. The molecule has 1 aromatic rings. The number of nitrogens with one attached hydrogen (secondary N) is 2. The molecular weight excluding hydrogens is 310 g/mol. The van der Waals surface area contributed by atoms with E-state index in [2.05, 4.69) is 10.6 Å². The molecule has 0 aliphatic carbocycles. The van der Waals surface area contributed by atoms with Crippen LogP contribution < -0.4 is 10.6 Å². The van der Waals surface area contributed by atoms with Crippen molar-refractivity contribution in [1.29, 1.82) is 0 Å². The molecule has 1 saturated heterocycles. The van der Waals surface area contributed by atoms with E-state index in [4.69, 9.17) is 0 Å². The van der Waals surface area contributed by atoms with Crippen molar-refractivity contribution in [3.05, 3.63) is 29.8 Å². The fourth-order valence-corrected chi connectivity index (χ4v) is 2.71. The van der Waals surface area contributed by atoms with E-state index >= 15 is 0 Å². The smallest absolute Gasteiger partial charge is 0.325 e. The quantitative estimate of drug-likeness (QED) is 0.615. The van der Waals surface area contributed by atoms with Crippen molar-refractivity contribution >= 4 is 29.3 Å². The van der Waals surface area contributed by atoms with Gasteiger partial charge in [0, 0.05) is 11.3 Å². The Labute approximate surface area is 140 Å². The van der Waals surface area contributed by atoms with Gasteiger partial charge in [-0.15, -0.1) is 0 Å². The van der Waals surface area contributed by atoms with Gasteiger partial charge in [0.05, 0.1) is 0 Å². The fraction of sp³-hybridized carbons (Fsp3) is 0.412. The minimum Gasteiger partial charge on any atom is -0.325 e. The molecule has 0 spiro atoms. The lowest BCUT2D eigenvalue weighted by Gasteiger charge is -2.23. The first-order valence-corrected chi connectivity index (χ1v) is 7.88. The van der Waals surface area contributed by atoms with Gasteiger partial charge >= 0.3 is 6.03 Å². The molecule has 0 bridgehead atoms. The van der Waals surface area contributed by atoms with Gasteiger partial charge in [0.25, 0.3) is 5.91 Å². The molecule has 1 fully saturated rings. The van der Waals surface area contributed by atoms with Crippen LogP contribution in [0.5, 0.6) is 0 Å². The Morgan fingerprint density at radius 2 is 1.88 bits per heavy atom. The van der Waals surface area contributed by atoms with E-state index in [1.165, 1.54) is 6.92 Å². The molecule has 1 heterocycles. The summed E-state index contributed by atoms with van der Waals surface area (Å²) in [7, 11) is 0. The van der Waals surface area contributed by atoms with Crippen molar-refractivity contribution in [2.45, 2.75) is 39.2 Å². The highest BCUT2D eigenvalue weighted by molar-refractivity contribution is 6.10. The summed E-state index contributed by atoms with van der Waals surface area (Å²) in [5.41, 5.74) is -0.0119. The monoisotopic (exact) mass is 331 g/mol. The summed E-state index contributed by atoms with van der Waals surface area (Å²) < 4.78 is 0. The second-order valence-corrected chi connectivity index (χ2v) is 5.80. The first-order chi connectivity index (χ1) is 11.3. The van der Waals surface area contributed by atoms with Crippen LogP contribution in [0.2, 0.25) is 0 Å². The van der Waals surface area contributed by atoms with Crippen molar-refractivity contribution in [1.82, 2.24) is 10.2 Å². The summed E-state index contributed by atoms with van der Waals surface area (Å²) in [5, 5.41) is 5.28. The maximum Gasteiger partial charge on any atom is 0.325 e. The zero-order valence-electron chi connectivity index (χ0n) is 14.0. The number of ketones is 1. The highest BCUT2D eigenvalue weighted by Crippen LogP contribution is 2.24. The van der Waals surface area contributed by atoms with E-state index in [0.717, 1.165) is 4.90 Å². The molecule has 0 unspecified atom stereocenters. The number of benzene rings is 1. The predicted molar refractivity (Wildman–Crippen MR) is 88.6 cm³/mol. The normalized spacial score (nSPS) is 16.0. The summed E-state index contributed by atoms with van der Waals surface area (Å²) in [5.74, 6) is -0.997. The number of urea groups is 1. The summed E-state index contributed by atoms with van der Waals surface area (Å²) in [6.45, 7) is 4.71. The van der Waals surface area contributed by atoms with E-state index in [9.17, 15) is 19.2 Å². The van der Waals surface area contributed by atoms with Crippen LogP contribution in [0.3, 0.4) is 0 Å². The van der Waals surface area contributed by atoms with Crippen molar-refractivity contribution in [3.8, 4) is 0 Å². The number of nitrogens with zero attached hydrogens (tertiary/aromatic N) is 1. The number of Topliss-reactive ketones (excluding diaryl/α,β-unsaturated/α-hetero) is 1. The average Bonchev–Trinajstić information content (AvgIpc) is 2.79. The molecule has 1 aliphatic rings. The molecule has 1 aliphatic heterocycles. The molecule has 0 aromatic heterocycles. The van der Waals surface area contributed by atoms with Crippen LogP contribution in [0, 0.1) is 0 Å². The number of amides is 4. The molecule has 2 rings (SSSR count). The van der Waals surface area contributed by atoms with Gasteiger partial charge in [-0.25, -0.2) is 4.79 Å². The van der Waals surface area contributed by atoms with Crippen LogP contribution >= 0.6 is 0 Å². The zero-order valence-corrected chi connectivity index (χ0v) is 14.0. The Morgan fingerprint density at radius 3 is 2.42 bits per heavy atom. The topological polar surface area (TPSA) is 95.6 Å². The largest absolute Gasteiger partial charge is 0.325 e. The molecule has 7 heteroatoms.